The van der Waals surface area contributed by atoms with Crippen molar-refractivity contribution in [1.29, 1.82) is 0 Å². The first-order valence-corrected chi connectivity index (χ1v) is 51.9. The summed E-state index contributed by atoms with van der Waals surface area (Å²) in [6.45, 7) is 30.6. The zero-order valence-corrected chi connectivity index (χ0v) is 85.1. The maximum absolute atomic E-state index is 12.6. The summed E-state index contributed by atoms with van der Waals surface area (Å²) in [6, 6.07) is 62.6. The second-order valence-corrected chi connectivity index (χ2v) is 40.9. The lowest BCUT2D eigenvalue weighted by molar-refractivity contribution is -0.387. The Morgan fingerprint density at radius 1 is 0.291 bits per heavy atom. The van der Waals surface area contributed by atoms with E-state index in [0.29, 0.717) is 91.1 Å². The molecular weight excluding hydrogens is 1890 g/mol. The first kappa shape index (κ1) is 109. The Hall–Kier alpha value is -11.9. The monoisotopic (exact) mass is 2010 g/mol. The number of nitro benzene ring substituents is 5. The van der Waals surface area contributed by atoms with Gasteiger partial charge in [0, 0.05) is 174 Å². The van der Waals surface area contributed by atoms with Gasteiger partial charge in [-0.05, 0) is 267 Å². The van der Waals surface area contributed by atoms with Crippen molar-refractivity contribution in [3.05, 3.63) is 319 Å². The highest BCUT2D eigenvalue weighted by molar-refractivity contribution is 8.00. The van der Waals surface area contributed by atoms with Crippen molar-refractivity contribution in [2.24, 2.45) is 0 Å². The van der Waals surface area contributed by atoms with E-state index >= 15 is 0 Å². The Bertz CT molecular complexity index is 5530. The summed E-state index contributed by atoms with van der Waals surface area (Å²) in [4.78, 5) is 139. The molecule has 36 heteroatoms. The molecule has 10 aromatic rings. The standard InChI is InChI=1S/C21H26N4O3S.4C21H25N3O3S/c1-16-3-6-18(7-4-16)29-20-8-5-17(15-19(20)25(27)28)21(26)22-9-10-24-13-11-23(2)12-14-24;3*1-16-5-8-18(9-6-16)28-20-10-7-17(15-19(20)24(26)27)21(25)22-11-14-23-12-3-2-4-13-23;1-3-23-12-4-5-17(23)14-22-21(25)16-8-11-19(24(26)27)20(13-16)28-18-9-6-15(2)7-10-18/h3-8,15H,9-14H2,1-2H3,(H,22,26);3*5-10,15H,2-4,11-14H2,1H3,(H,22,25);6-11,13,17H,3-5,12,14H2,1-2H3,(H,22,25). The van der Waals surface area contributed by atoms with Gasteiger partial charge in [0.15, 0.2) is 0 Å². The van der Waals surface area contributed by atoms with Gasteiger partial charge in [-0.25, -0.2) is 0 Å². The molecule has 0 spiro atoms. The number of carbonyl (C=O) groups is 5. The third-order valence-electron chi connectivity index (χ3n) is 24.5. The highest BCUT2D eigenvalue weighted by Crippen LogP contribution is 2.41. The molecule has 141 heavy (non-hydrogen) atoms. The number of likely N-dealkylation sites (tertiary alicyclic amines) is 4. The number of nitrogens with one attached hydrogen (secondary N) is 5. The Kier molecular flexibility index (Phi) is 44.0. The van der Waals surface area contributed by atoms with Crippen LogP contribution in [-0.2, 0) is 0 Å². The first-order valence-electron chi connectivity index (χ1n) is 47.9. The van der Waals surface area contributed by atoms with Gasteiger partial charge < -0.3 is 46.2 Å². The number of piperidine rings is 3. The van der Waals surface area contributed by atoms with Crippen LogP contribution in [0.1, 0.15) is 157 Å². The minimum Gasteiger partial charge on any atom is -0.351 e. The first-order chi connectivity index (χ1) is 68.0. The van der Waals surface area contributed by atoms with E-state index < -0.39 is 24.6 Å². The largest absolute Gasteiger partial charge is 0.351 e. The van der Waals surface area contributed by atoms with E-state index in [0.717, 1.165) is 170 Å². The lowest BCUT2D eigenvalue weighted by Crippen LogP contribution is -2.46. The summed E-state index contributed by atoms with van der Waals surface area (Å²) in [7, 11) is 2.10. The molecule has 1 atom stereocenters. The van der Waals surface area contributed by atoms with Crippen LogP contribution in [0.2, 0.25) is 0 Å². The van der Waals surface area contributed by atoms with Gasteiger partial charge in [0.05, 0.1) is 49.1 Å². The van der Waals surface area contributed by atoms with E-state index in [1.54, 1.807) is 54.6 Å². The fourth-order valence-corrected chi connectivity index (χ4v) is 20.9. The van der Waals surface area contributed by atoms with Crippen LogP contribution in [0.3, 0.4) is 0 Å². The smallest absolute Gasteiger partial charge is 0.284 e. The minimum atomic E-state index is -0.433. The Morgan fingerprint density at radius 3 is 0.809 bits per heavy atom. The van der Waals surface area contributed by atoms with Crippen LogP contribution in [0.25, 0.3) is 0 Å². The summed E-state index contributed by atoms with van der Waals surface area (Å²) in [5.74, 6) is -1.29. The molecule has 0 radical (unpaired) electrons. The lowest BCUT2D eigenvalue weighted by Gasteiger charge is -2.32. The summed E-state index contributed by atoms with van der Waals surface area (Å²) < 4.78 is 0. The fourth-order valence-electron chi connectivity index (χ4n) is 16.3. The number of likely N-dealkylation sites (N-methyl/N-ethyl adjacent to an activating group) is 2. The average molecular weight is 2010 g/mol. The van der Waals surface area contributed by atoms with Crippen molar-refractivity contribution in [3.8, 4) is 0 Å². The van der Waals surface area contributed by atoms with Crippen LogP contribution in [0, 0.1) is 85.2 Å². The number of nitro groups is 5. The van der Waals surface area contributed by atoms with Gasteiger partial charge in [-0.1, -0.05) is 173 Å². The van der Waals surface area contributed by atoms with Crippen LogP contribution in [0.5, 0.6) is 0 Å². The molecule has 0 aromatic heterocycles. The number of hydrogen-bond acceptors (Lipinski definition) is 26. The van der Waals surface area contributed by atoms with Crippen LogP contribution >= 0.6 is 58.8 Å². The van der Waals surface area contributed by atoms with E-state index in [-0.39, 0.29) is 58.0 Å². The third-order valence-corrected chi connectivity index (χ3v) is 29.9. The van der Waals surface area contributed by atoms with Gasteiger partial charge >= 0.3 is 0 Å². The zero-order valence-electron chi connectivity index (χ0n) is 81.0. The third kappa shape index (κ3) is 35.9. The van der Waals surface area contributed by atoms with Crippen molar-refractivity contribution < 1.29 is 48.6 Å². The molecule has 5 amide bonds. The number of hydrogen-bond donors (Lipinski definition) is 5. The van der Waals surface area contributed by atoms with E-state index in [1.165, 1.54) is 153 Å². The molecule has 0 aliphatic carbocycles. The molecule has 15 rings (SSSR count). The average Bonchev–Trinajstić information content (AvgIpc) is 1.52. The van der Waals surface area contributed by atoms with Crippen molar-refractivity contribution in [1.82, 2.24) is 56.0 Å². The Labute approximate surface area is 845 Å². The van der Waals surface area contributed by atoms with Crippen molar-refractivity contribution in [2.45, 2.75) is 167 Å². The molecule has 5 fully saturated rings. The van der Waals surface area contributed by atoms with Gasteiger partial charge in [0.25, 0.3) is 58.0 Å². The van der Waals surface area contributed by atoms with Crippen LogP contribution in [-0.4, -0.2) is 234 Å². The number of aryl methyl sites for hydroxylation is 5. The molecule has 5 aliphatic heterocycles. The zero-order chi connectivity index (χ0) is 101. The minimum absolute atomic E-state index is 0.00933. The molecule has 31 nitrogen and oxygen atoms in total. The highest BCUT2D eigenvalue weighted by atomic mass is 32.2. The van der Waals surface area contributed by atoms with E-state index in [1.807, 2.05) is 156 Å². The Balaban J connectivity index is 0.000000168. The van der Waals surface area contributed by atoms with E-state index in [4.69, 9.17) is 0 Å². The predicted octanol–water partition coefficient (Wildman–Crippen LogP) is 20.1. The molecule has 5 saturated heterocycles. The second kappa shape index (κ2) is 56.6. The number of piperazine rings is 1. The number of carbonyl (C=O) groups excluding carboxylic acids is 5. The fraction of sp³-hybridized carbons (Fsp3) is 0.381. The van der Waals surface area contributed by atoms with Gasteiger partial charge in [0.1, 0.15) is 0 Å². The van der Waals surface area contributed by atoms with Crippen LogP contribution in [0.15, 0.2) is 261 Å². The maximum atomic E-state index is 12.6. The van der Waals surface area contributed by atoms with Gasteiger partial charge in [-0.2, -0.15) is 0 Å². The molecule has 10 aromatic carbocycles. The molecule has 5 N–H and O–H groups in total. The van der Waals surface area contributed by atoms with Crippen molar-refractivity contribution in [3.63, 3.8) is 0 Å². The topological polar surface area (TPSA) is 381 Å². The number of rotatable bonds is 35. The van der Waals surface area contributed by atoms with Gasteiger partial charge in [-0.15, -0.1) is 0 Å². The summed E-state index contributed by atoms with van der Waals surface area (Å²) in [5, 5.41) is 72.0. The summed E-state index contributed by atoms with van der Waals surface area (Å²) in [6.07, 6.45) is 13.3. The van der Waals surface area contributed by atoms with Crippen molar-refractivity contribution in [2.75, 3.05) is 144 Å². The normalized spacial score (nSPS) is 15.2. The maximum Gasteiger partial charge on any atom is 0.284 e. The number of amides is 5. The number of nitrogens with zero attached hydrogens (tertiary/aromatic N) is 11. The molecule has 746 valence electrons. The number of benzene rings is 10. The molecular formula is C105H126N16O15S5. The van der Waals surface area contributed by atoms with Crippen LogP contribution in [0.4, 0.5) is 28.4 Å². The summed E-state index contributed by atoms with van der Waals surface area (Å²) >= 11 is 6.61. The highest BCUT2D eigenvalue weighted by Gasteiger charge is 2.29. The molecule has 1 unspecified atom stereocenters. The van der Waals surface area contributed by atoms with Gasteiger partial charge in [-0.3, -0.25) is 84.3 Å². The predicted molar refractivity (Wildman–Crippen MR) is 559 cm³/mol. The SMILES string of the molecule is CCN1CCCC1CNC(=O)c1ccc([N+](=O)[O-])c(Sc2ccc(C)cc2)c1.Cc1ccc(Sc2ccc(C(=O)NCCN3CCCCC3)cc2[N+](=O)[O-])cc1.Cc1ccc(Sc2ccc(C(=O)NCCN3CCCCC3)cc2[N+](=O)[O-])cc1.Cc1ccc(Sc2ccc(C(=O)NCCN3CCCCC3)cc2[N+](=O)[O-])cc1.Cc1ccc(Sc2ccc(C(=O)NCCN3CCN(C)CC3)cc2[N+](=O)[O-])cc1. The molecule has 5 aliphatic rings. The molecule has 0 saturated carbocycles. The Morgan fingerprint density at radius 2 is 0.539 bits per heavy atom. The van der Waals surface area contributed by atoms with Crippen LogP contribution < -0.4 is 26.6 Å². The van der Waals surface area contributed by atoms with Crippen molar-refractivity contribution >= 4 is 117 Å². The molecule has 5 heterocycles. The van der Waals surface area contributed by atoms with E-state index in [2.05, 4.69) is 70.0 Å². The van der Waals surface area contributed by atoms with Gasteiger partial charge in [0.2, 0.25) is 0 Å². The quantitative estimate of drug-likeness (QED) is 0.0182. The molecule has 0 bridgehead atoms. The second-order valence-electron chi connectivity index (χ2n) is 35.3. The summed E-state index contributed by atoms with van der Waals surface area (Å²) in [5.41, 5.74) is 7.18. The van der Waals surface area contributed by atoms with E-state index in [9.17, 15) is 74.5 Å². The lowest BCUT2D eigenvalue weighted by atomic mass is 10.1.